The van der Waals surface area contributed by atoms with E-state index in [9.17, 15) is 4.79 Å². The fourth-order valence-corrected chi connectivity index (χ4v) is 4.39. The highest BCUT2D eigenvalue weighted by molar-refractivity contribution is 7.15. The molecule has 3 aromatic heterocycles. The number of imidazole rings is 1. The molecule has 7 heteroatoms. The summed E-state index contributed by atoms with van der Waals surface area (Å²) in [5.41, 5.74) is 4.39. The van der Waals surface area contributed by atoms with Gasteiger partial charge in [0, 0.05) is 36.3 Å². The molecular weight excluding hydrogens is 346 g/mol. The normalized spacial score (nSPS) is 17.1. The van der Waals surface area contributed by atoms with Gasteiger partial charge in [-0.1, -0.05) is 24.3 Å². The van der Waals surface area contributed by atoms with Crippen molar-refractivity contribution in [2.24, 2.45) is 0 Å². The Morgan fingerprint density at radius 1 is 1.27 bits per heavy atom. The van der Waals surface area contributed by atoms with E-state index in [-0.39, 0.29) is 11.8 Å². The second-order valence-electron chi connectivity index (χ2n) is 6.48. The number of hydrogen-bond acceptors (Lipinski definition) is 4. The Hall–Kier alpha value is -2.93. The van der Waals surface area contributed by atoms with Crippen LogP contribution in [-0.2, 0) is 17.9 Å². The summed E-state index contributed by atoms with van der Waals surface area (Å²) >= 11 is 1.62. The summed E-state index contributed by atoms with van der Waals surface area (Å²) in [5.74, 6) is 0.0594. The molecule has 26 heavy (non-hydrogen) atoms. The van der Waals surface area contributed by atoms with Crippen molar-refractivity contribution in [3.05, 3.63) is 76.8 Å². The summed E-state index contributed by atoms with van der Waals surface area (Å²) in [6, 6.07) is 10.4. The van der Waals surface area contributed by atoms with E-state index < -0.39 is 0 Å². The number of fused-ring (bicyclic) bond motifs is 3. The molecule has 4 heterocycles. The van der Waals surface area contributed by atoms with Crippen LogP contribution in [0.3, 0.4) is 0 Å². The number of amides is 1. The average Bonchev–Trinajstić information content (AvgIpc) is 3.34. The monoisotopic (exact) mass is 363 g/mol. The molecule has 1 aliphatic rings. The van der Waals surface area contributed by atoms with Gasteiger partial charge in [0.25, 0.3) is 0 Å². The fraction of sp³-hybridized carbons (Fsp3) is 0.211. The minimum Gasteiger partial charge on any atom is -0.350 e. The molecule has 1 aliphatic heterocycles. The van der Waals surface area contributed by atoms with E-state index in [2.05, 4.69) is 39.1 Å². The molecule has 0 bridgehead atoms. The van der Waals surface area contributed by atoms with Crippen LogP contribution in [0.1, 0.15) is 34.9 Å². The predicted molar refractivity (Wildman–Crippen MR) is 99.1 cm³/mol. The predicted octanol–water partition coefficient (Wildman–Crippen LogP) is 2.79. The molecule has 0 fully saturated rings. The molecular formula is C19H17N5OS. The zero-order valence-corrected chi connectivity index (χ0v) is 14.8. The highest BCUT2D eigenvalue weighted by Gasteiger charge is 2.29. The zero-order chi connectivity index (χ0) is 17.5. The lowest BCUT2D eigenvalue weighted by atomic mass is 9.90. The maximum absolute atomic E-state index is 12.3. The van der Waals surface area contributed by atoms with E-state index in [1.165, 1.54) is 5.56 Å². The number of nitrogens with zero attached hydrogens (tertiary/aromatic N) is 4. The van der Waals surface area contributed by atoms with Crippen LogP contribution in [-0.4, -0.2) is 25.1 Å². The van der Waals surface area contributed by atoms with Crippen molar-refractivity contribution in [1.82, 2.24) is 24.5 Å². The maximum atomic E-state index is 12.3. The van der Waals surface area contributed by atoms with Crippen molar-refractivity contribution in [2.45, 2.75) is 25.4 Å². The van der Waals surface area contributed by atoms with E-state index in [1.807, 2.05) is 28.5 Å². The summed E-state index contributed by atoms with van der Waals surface area (Å²) < 4.78 is 4.03. The molecule has 1 atom stereocenters. The molecule has 0 saturated carbocycles. The number of carbonyl (C=O) groups is 1. The van der Waals surface area contributed by atoms with Gasteiger partial charge in [0.2, 0.25) is 5.91 Å². The minimum atomic E-state index is -0.00493. The lowest BCUT2D eigenvalue weighted by Crippen LogP contribution is -2.21. The Labute approximate surface area is 154 Å². The molecule has 1 unspecified atom stereocenters. The molecule has 4 aromatic rings. The maximum Gasteiger partial charge on any atom is 0.221 e. The van der Waals surface area contributed by atoms with Gasteiger partial charge in [0.05, 0.1) is 24.5 Å². The Morgan fingerprint density at radius 3 is 3.12 bits per heavy atom. The largest absolute Gasteiger partial charge is 0.350 e. The van der Waals surface area contributed by atoms with E-state index >= 15 is 0 Å². The van der Waals surface area contributed by atoms with Gasteiger partial charge in [-0.05, 0) is 17.2 Å². The number of hydrogen-bond donors (Lipinski definition) is 1. The number of aromatic nitrogens is 4. The van der Waals surface area contributed by atoms with Crippen molar-refractivity contribution in [3.8, 4) is 0 Å². The van der Waals surface area contributed by atoms with Gasteiger partial charge in [0.1, 0.15) is 0 Å². The van der Waals surface area contributed by atoms with Gasteiger partial charge in [-0.15, -0.1) is 11.3 Å². The van der Waals surface area contributed by atoms with Crippen molar-refractivity contribution in [1.29, 1.82) is 0 Å². The summed E-state index contributed by atoms with van der Waals surface area (Å²) in [6.45, 7) is 1.21. The molecule has 5 rings (SSSR count). The highest BCUT2D eigenvalue weighted by Crippen LogP contribution is 2.34. The highest BCUT2D eigenvalue weighted by atomic mass is 32.1. The zero-order valence-electron chi connectivity index (χ0n) is 14.0. The van der Waals surface area contributed by atoms with Crippen LogP contribution in [0, 0.1) is 0 Å². The first kappa shape index (κ1) is 15.3. The van der Waals surface area contributed by atoms with Gasteiger partial charge in [-0.2, -0.15) is 5.10 Å². The quantitative estimate of drug-likeness (QED) is 0.609. The van der Waals surface area contributed by atoms with Crippen LogP contribution >= 0.6 is 11.3 Å². The lowest BCUT2D eigenvalue weighted by Gasteiger charge is -2.16. The molecule has 130 valence electrons. The summed E-state index contributed by atoms with van der Waals surface area (Å²) in [6.07, 6.45) is 6.21. The van der Waals surface area contributed by atoms with E-state index in [4.69, 9.17) is 4.98 Å². The summed E-state index contributed by atoms with van der Waals surface area (Å²) in [7, 11) is 0. The second-order valence-corrected chi connectivity index (χ2v) is 7.35. The van der Waals surface area contributed by atoms with Crippen molar-refractivity contribution < 1.29 is 4.79 Å². The Bertz CT molecular complexity index is 1080. The third-order valence-electron chi connectivity index (χ3n) is 4.81. The Morgan fingerprint density at radius 2 is 2.23 bits per heavy atom. The van der Waals surface area contributed by atoms with E-state index in [0.29, 0.717) is 19.5 Å². The number of nitrogens with one attached hydrogen (secondary N) is 1. The van der Waals surface area contributed by atoms with Crippen LogP contribution in [0.2, 0.25) is 0 Å². The molecule has 0 saturated heterocycles. The van der Waals surface area contributed by atoms with Gasteiger partial charge in [-0.25, -0.2) is 4.98 Å². The van der Waals surface area contributed by atoms with Gasteiger partial charge >= 0.3 is 0 Å². The van der Waals surface area contributed by atoms with Gasteiger partial charge < -0.3 is 5.32 Å². The van der Waals surface area contributed by atoms with Gasteiger partial charge in [-0.3, -0.25) is 13.9 Å². The smallest absolute Gasteiger partial charge is 0.221 e. The molecule has 0 spiro atoms. The third kappa shape index (κ3) is 2.61. The van der Waals surface area contributed by atoms with Crippen molar-refractivity contribution >= 4 is 22.2 Å². The second kappa shape index (κ2) is 6.10. The SMILES string of the molecule is O=C1CC(c2cccc(Cn3cccn3)c2)c2c(nc3sccn23)CN1. The number of rotatable bonds is 3. The molecule has 0 aliphatic carbocycles. The van der Waals surface area contributed by atoms with Crippen molar-refractivity contribution in [2.75, 3.05) is 0 Å². The lowest BCUT2D eigenvalue weighted by molar-refractivity contribution is -0.121. The van der Waals surface area contributed by atoms with Crippen LogP contribution in [0.5, 0.6) is 0 Å². The average molecular weight is 363 g/mol. The number of thiazole rings is 1. The molecule has 6 nitrogen and oxygen atoms in total. The fourth-order valence-electron chi connectivity index (χ4n) is 3.65. The van der Waals surface area contributed by atoms with Crippen LogP contribution in [0.25, 0.3) is 4.96 Å². The third-order valence-corrected chi connectivity index (χ3v) is 5.56. The van der Waals surface area contributed by atoms with E-state index in [0.717, 1.165) is 21.9 Å². The molecule has 0 radical (unpaired) electrons. The van der Waals surface area contributed by atoms with Gasteiger partial charge in [0.15, 0.2) is 4.96 Å². The van der Waals surface area contributed by atoms with Crippen LogP contribution in [0.15, 0.2) is 54.3 Å². The summed E-state index contributed by atoms with van der Waals surface area (Å²) in [4.78, 5) is 18.0. The summed E-state index contributed by atoms with van der Waals surface area (Å²) in [5, 5.41) is 9.30. The van der Waals surface area contributed by atoms with Crippen LogP contribution < -0.4 is 5.32 Å². The first-order chi connectivity index (χ1) is 12.8. The standard InChI is InChI=1S/C19H17N5OS/c25-17-10-15(18-16(11-20-17)22-19-24(18)7-8-26-19)14-4-1-3-13(9-14)12-23-6-2-5-21-23/h1-9,15H,10-12H2,(H,20,25). The van der Waals surface area contributed by atoms with Crippen LogP contribution in [0.4, 0.5) is 0 Å². The topological polar surface area (TPSA) is 64.2 Å². The first-order valence-corrected chi connectivity index (χ1v) is 9.43. The Kier molecular flexibility index (Phi) is 3.60. The van der Waals surface area contributed by atoms with E-state index in [1.54, 1.807) is 17.5 Å². The Balaban J connectivity index is 1.59. The van der Waals surface area contributed by atoms with Crippen molar-refractivity contribution in [3.63, 3.8) is 0 Å². The minimum absolute atomic E-state index is 0.00493. The molecule has 1 N–H and O–H groups in total. The first-order valence-electron chi connectivity index (χ1n) is 8.55. The number of benzene rings is 1. The number of carbonyl (C=O) groups excluding carboxylic acids is 1. The molecule has 1 aromatic carbocycles. The molecule has 1 amide bonds.